The molecule has 0 aliphatic heterocycles. The number of hydrogen-bond donors (Lipinski definition) is 0. The van der Waals surface area contributed by atoms with Gasteiger partial charge in [0.25, 0.3) is 0 Å². The zero-order chi connectivity index (χ0) is 25.5. The molecular weight excluding hydrogens is 481 g/mol. The van der Waals surface area contributed by atoms with Crippen LogP contribution in [0.2, 0.25) is 0 Å². The van der Waals surface area contributed by atoms with Crippen LogP contribution in [0.25, 0.3) is 0 Å². The Morgan fingerprint density at radius 1 is 0.765 bits per heavy atom. The first kappa shape index (κ1) is 26.1. The summed E-state index contributed by atoms with van der Waals surface area (Å²) in [7, 11) is -3.19. The van der Waals surface area contributed by atoms with Gasteiger partial charge < -0.3 is 0 Å². The quantitative estimate of drug-likeness (QED) is 0.237. The van der Waals surface area contributed by atoms with Gasteiger partial charge in [-0.25, -0.2) is 4.79 Å². The Balaban J connectivity index is 2.25. The van der Waals surface area contributed by atoms with Crippen molar-refractivity contribution in [3.8, 4) is 0 Å². The maximum Gasteiger partial charge on any atom is 0.434 e. The van der Waals surface area contributed by atoms with E-state index in [1.165, 1.54) is 0 Å². The summed E-state index contributed by atoms with van der Waals surface area (Å²) in [6.07, 6.45) is -9.93. The molecule has 10 heteroatoms. The van der Waals surface area contributed by atoms with Crippen LogP contribution < -0.4 is 0 Å². The zero-order valence-corrected chi connectivity index (χ0v) is 19.3. The molecule has 1 aliphatic rings. The van der Waals surface area contributed by atoms with Crippen molar-refractivity contribution in [2.24, 2.45) is 0 Å². The van der Waals surface area contributed by atoms with Crippen LogP contribution in [0.3, 0.4) is 0 Å². The van der Waals surface area contributed by atoms with E-state index in [9.17, 15) is 40.5 Å². The van der Waals surface area contributed by atoms with E-state index in [0.29, 0.717) is 35.7 Å². The Labute approximate surface area is 193 Å². The number of Topliss-reactive ketones (excluding diaryl/α,β-unsaturated/α-hetero) is 1. The number of alkyl halides is 6. The molecule has 2 aromatic rings. The second-order valence-electron chi connectivity index (χ2n) is 8.51. The molecule has 3 rings (SSSR count). The molecule has 0 bridgehead atoms. The number of carbonyl (C=O) groups is 2. The fourth-order valence-electron chi connectivity index (χ4n) is 4.61. The smallest absolute Gasteiger partial charge is 0.289 e. The van der Waals surface area contributed by atoms with Crippen molar-refractivity contribution in [1.29, 1.82) is 0 Å². The van der Waals surface area contributed by atoms with Crippen molar-refractivity contribution in [3.63, 3.8) is 0 Å². The van der Waals surface area contributed by atoms with Crippen molar-refractivity contribution in [3.05, 3.63) is 69.8 Å². The summed E-state index contributed by atoms with van der Waals surface area (Å²) in [5.74, 6) is -1.53. The largest absolute Gasteiger partial charge is 0.434 e. The highest BCUT2D eigenvalue weighted by Gasteiger charge is 2.62. The summed E-state index contributed by atoms with van der Waals surface area (Å²) in [5, 5.41) is -2.15. The van der Waals surface area contributed by atoms with E-state index in [1.54, 1.807) is 32.0 Å². The van der Waals surface area contributed by atoms with Crippen LogP contribution in [-0.2, 0) is 16.9 Å². The normalized spacial score (nSPS) is 16.8. The van der Waals surface area contributed by atoms with Gasteiger partial charge in [0.2, 0.25) is 10.9 Å². The highest BCUT2D eigenvalue weighted by atomic mass is 31.1. The lowest BCUT2D eigenvalue weighted by Gasteiger charge is -2.28. The summed E-state index contributed by atoms with van der Waals surface area (Å²) >= 11 is 0. The van der Waals surface area contributed by atoms with E-state index in [0.717, 1.165) is 0 Å². The van der Waals surface area contributed by atoms with E-state index in [4.69, 9.17) is 0 Å². The molecular formula is C24H22F6O3P+. The second-order valence-corrected chi connectivity index (χ2v) is 10.4. The van der Waals surface area contributed by atoms with E-state index in [-0.39, 0.29) is 31.2 Å². The fraction of sp³-hybridized carbons (Fsp3) is 0.417. The summed E-state index contributed by atoms with van der Waals surface area (Å²) in [6, 6.07) is 6.21. The molecule has 182 valence electrons. The molecule has 34 heavy (non-hydrogen) atoms. The number of aryl methyl sites for hydroxylation is 2. The number of halogens is 6. The van der Waals surface area contributed by atoms with Crippen molar-refractivity contribution in [1.82, 2.24) is 0 Å². The second kappa shape index (κ2) is 9.25. The molecule has 3 nitrogen and oxygen atoms in total. The van der Waals surface area contributed by atoms with E-state index < -0.39 is 53.3 Å². The molecule has 2 aromatic carbocycles. The standard InChI is InChI=1S/C24H22F6O3P/c1-14-8-6-9-15(2)18(14)21(32)34(33)22(12-4-3-5-13-22)20(31)19-16(23(25,26)27)10-7-11-17(19)24(28,29)30/h6-11H,3-5,12-13H2,1-2H3/q+1. The SMILES string of the molecule is Cc1cccc(C)c1C(=O)[P+](=O)C1(C(=O)c2c(C(F)(F)F)cccc2C(F)(F)F)CCCCC1. The number of benzene rings is 2. The van der Waals surface area contributed by atoms with E-state index in [2.05, 4.69) is 0 Å². The predicted molar refractivity (Wildman–Crippen MR) is 114 cm³/mol. The third-order valence-corrected chi connectivity index (χ3v) is 8.29. The predicted octanol–water partition coefficient (Wildman–Crippen LogP) is 7.89. The Kier molecular flexibility index (Phi) is 7.09. The Bertz CT molecular complexity index is 1090. The maximum absolute atomic E-state index is 13.7. The molecule has 0 aromatic heterocycles. The van der Waals surface area contributed by atoms with Crippen LogP contribution in [0, 0.1) is 13.8 Å². The first-order valence-corrected chi connectivity index (χ1v) is 11.9. The van der Waals surface area contributed by atoms with Crippen molar-refractivity contribution < 1.29 is 40.5 Å². The lowest BCUT2D eigenvalue weighted by Crippen LogP contribution is -2.41. The number of ketones is 1. The first-order chi connectivity index (χ1) is 15.7. The van der Waals surface area contributed by atoms with Crippen LogP contribution in [0.1, 0.15) is 75.1 Å². The van der Waals surface area contributed by atoms with E-state index >= 15 is 0 Å². The summed E-state index contributed by atoms with van der Waals surface area (Å²) in [4.78, 5) is 27.0. The van der Waals surface area contributed by atoms with Crippen LogP contribution in [0.5, 0.6) is 0 Å². The highest BCUT2D eigenvalue weighted by molar-refractivity contribution is 7.67. The van der Waals surface area contributed by atoms with Crippen LogP contribution in [-0.4, -0.2) is 16.5 Å². The average Bonchev–Trinajstić information content (AvgIpc) is 2.76. The maximum atomic E-state index is 13.7. The zero-order valence-electron chi connectivity index (χ0n) is 18.4. The lowest BCUT2D eigenvalue weighted by molar-refractivity contribution is -0.143. The number of rotatable bonds is 5. The van der Waals surface area contributed by atoms with Crippen molar-refractivity contribution >= 4 is 19.1 Å². The number of carbonyl (C=O) groups excluding carboxylic acids is 2. The average molecular weight is 503 g/mol. The molecule has 1 unspecified atom stereocenters. The Morgan fingerprint density at radius 3 is 1.65 bits per heavy atom. The monoisotopic (exact) mass is 503 g/mol. The molecule has 1 saturated carbocycles. The molecule has 0 amide bonds. The van der Waals surface area contributed by atoms with Crippen molar-refractivity contribution in [2.75, 3.05) is 0 Å². The fourth-order valence-corrected chi connectivity index (χ4v) is 6.57. The van der Waals surface area contributed by atoms with Gasteiger partial charge in [0, 0.05) is 18.4 Å². The minimum atomic E-state index is -5.26. The highest BCUT2D eigenvalue weighted by Crippen LogP contribution is 2.55. The minimum Gasteiger partial charge on any atom is -0.289 e. The summed E-state index contributed by atoms with van der Waals surface area (Å²) < 4.78 is 96.1. The topological polar surface area (TPSA) is 51.2 Å². The Hall–Kier alpha value is -2.54. The van der Waals surface area contributed by atoms with Gasteiger partial charge in [-0.1, -0.05) is 35.3 Å². The number of hydrogen-bond acceptors (Lipinski definition) is 3. The van der Waals surface area contributed by atoms with Gasteiger partial charge in [-0.05, 0) is 49.9 Å². The van der Waals surface area contributed by atoms with Gasteiger partial charge in [0.1, 0.15) is 0 Å². The van der Waals surface area contributed by atoms with Gasteiger partial charge in [0.15, 0.2) is 0 Å². The first-order valence-electron chi connectivity index (χ1n) is 10.6. The molecule has 1 atom stereocenters. The van der Waals surface area contributed by atoms with Crippen LogP contribution in [0.4, 0.5) is 26.3 Å². The van der Waals surface area contributed by atoms with E-state index in [1.807, 2.05) is 0 Å². The van der Waals surface area contributed by atoms with Gasteiger partial charge in [-0.3, -0.25) is 4.79 Å². The third kappa shape index (κ3) is 4.67. The van der Waals surface area contributed by atoms with Gasteiger partial charge in [-0.2, -0.15) is 26.3 Å². The third-order valence-electron chi connectivity index (χ3n) is 6.27. The summed E-state index contributed by atoms with van der Waals surface area (Å²) in [5.41, 5.74) is -5.01. The summed E-state index contributed by atoms with van der Waals surface area (Å²) in [6.45, 7) is 3.17. The lowest BCUT2D eigenvalue weighted by atomic mass is 9.80. The molecule has 1 aliphatic carbocycles. The van der Waals surface area contributed by atoms with Crippen LogP contribution >= 0.6 is 7.80 Å². The molecule has 0 saturated heterocycles. The molecule has 0 heterocycles. The minimum absolute atomic E-state index is 0.0708. The van der Waals surface area contributed by atoms with Gasteiger partial charge in [-0.15, -0.1) is 0 Å². The van der Waals surface area contributed by atoms with Crippen molar-refractivity contribution in [2.45, 2.75) is 63.5 Å². The molecule has 1 fully saturated rings. The molecule has 0 radical (unpaired) electrons. The van der Waals surface area contributed by atoms with Crippen LogP contribution in [0.15, 0.2) is 36.4 Å². The van der Waals surface area contributed by atoms with Gasteiger partial charge in [0.05, 0.1) is 16.7 Å². The molecule has 0 N–H and O–H groups in total. The molecule has 0 spiro atoms. The van der Waals surface area contributed by atoms with Gasteiger partial charge >= 0.3 is 25.7 Å². The Morgan fingerprint density at radius 2 is 1.21 bits per heavy atom.